The van der Waals surface area contributed by atoms with Crippen molar-refractivity contribution in [3.8, 4) is 0 Å². The number of rotatable bonds is 8. The van der Waals surface area contributed by atoms with E-state index in [9.17, 15) is 9.59 Å². The average Bonchev–Trinajstić information content (AvgIpc) is 2.62. The van der Waals surface area contributed by atoms with Crippen molar-refractivity contribution in [3.63, 3.8) is 0 Å². The van der Waals surface area contributed by atoms with Crippen LogP contribution in [0.3, 0.4) is 0 Å². The molecule has 0 spiro atoms. The number of aliphatic imine (C=N–C) groups is 1. The van der Waals surface area contributed by atoms with Crippen LogP contribution in [0, 0.1) is 0 Å². The molecule has 1 aromatic carbocycles. The minimum absolute atomic E-state index is 0.0760. The molecule has 0 saturated carbocycles. The fourth-order valence-corrected chi connectivity index (χ4v) is 2.62. The number of carbonyl (C=O) groups excluding carboxylic acids is 2. The molecule has 1 amide bonds. The maximum absolute atomic E-state index is 12.4. The summed E-state index contributed by atoms with van der Waals surface area (Å²) in [5, 5.41) is 0. The Morgan fingerprint density at radius 3 is 2.41 bits per heavy atom. The van der Waals surface area contributed by atoms with Gasteiger partial charge in [-0.25, -0.2) is 4.79 Å². The lowest BCUT2D eigenvalue weighted by Gasteiger charge is -2.31. The van der Waals surface area contributed by atoms with Crippen LogP contribution in [0.1, 0.15) is 57.7 Å². The van der Waals surface area contributed by atoms with Crippen LogP contribution in [0.4, 0.5) is 4.79 Å². The van der Waals surface area contributed by atoms with Crippen LogP contribution in [0.15, 0.2) is 35.5 Å². The Labute approximate surface area is 162 Å². The summed E-state index contributed by atoms with van der Waals surface area (Å²) in [7, 11) is 1.76. The minimum Gasteiger partial charge on any atom is -0.444 e. The molecule has 1 atom stereocenters. The van der Waals surface area contributed by atoms with Crippen molar-refractivity contribution in [2.75, 3.05) is 13.6 Å². The van der Waals surface area contributed by atoms with Crippen LogP contribution in [0.25, 0.3) is 5.57 Å². The molecule has 6 heteroatoms. The van der Waals surface area contributed by atoms with Crippen LogP contribution in [0.5, 0.6) is 0 Å². The lowest BCUT2D eigenvalue weighted by atomic mass is 9.98. The first kappa shape index (κ1) is 22.4. The van der Waals surface area contributed by atoms with Gasteiger partial charge in [0.05, 0.1) is 12.6 Å². The van der Waals surface area contributed by atoms with Gasteiger partial charge in [0.1, 0.15) is 11.9 Å². The number of nitrogens with two attached hydrogens (primary N) is 1. The second-order valence-electron chi connectivity index (χ2n) is 7.30. The zero-order chi connectivity index (χ0) is 20.4. The van der Waals surface area contributed by atoms with E-state index in [0.29, 0.717) is 0 Å². The van der Waals surface area contributed by atoms with Crippen molar-refractivity contribution in [1.82, 2.24) is 4.90 Å². The largest absolute Gasteiger partial charge is 0.444 e. The fraction of sp³-hybridized carbons (Fsp3) is 0.476. The third-order valence-electron chi connectivity index (χ3n) is 3.93. The number of benzene rings is 1. The number of nitrogens with zero attached hydrogens (tertiary/aromatic N) is 2. The van der Waals surface area contributed by atoms with Crippen LogP contribution in [0.2, 0.25) is 0 Å². The van der Waals surface area contributed by atoms with E-state index < -0.39 is 5.60 Å². The van der Waals surface area contributed by atoms with Gasteiger partial charge in [-0.05, 0) is 38.3 Å². The van der Waals surface area contributed by atoms with Crippen molar-refractivity contribution in [2.45, 2.75) is 52.2 Å². The third-order valence-corrected chi connectivity index (χ3v) is 3.93. The summed E-state index contributed by atoms with van der Waals surface area (Å²) in [5.74, 6) is 0. The van der Waals surface area contributed by atoms with E-state index in [4.69, 9.17) is 10.5 Å². The van der Waals surface area contributed by atoms with Gasteiger partial charge in [-0.2, -0.15) is 0 Å². The highest BCUT2D eigenvalue weighted by atomic mass is 16.6. The predicted octanol–water partition coefficient (Wildman–Crippen LogP) is 3.96. The van der Waals surface area contributed by atoms with Gasteiger partial charge in [-0.15, -0.1) is 0 Å². The highest BCUT2D eigenvalue weighted by molar-refractivity contribution is 6.09. The van der Waals surface area contributed by atoms with E-state index in [-0.39, 0.29) is 18.7 Å². The molecule has 0 aromatic heterocycles. The molecule has 0 bridgehead atoms. The topological polar surface area (TPSA) is 85.0 Å². The predicted molar refractivity (Wildman–Crippen MR) is 110 cm³/mol. The third kappa shape index (κ3) is 7.25. The van der Waals surface area contributed by atoms with Gasteiger partial charge in [0.2, 0.25) is 0 Å². The van der Waals surface area contributed by atoms with Gasteiger partial charge in [0.15, 0.2) is 0 Å². The van der Waals surface area contributed by atoms with Crippen LogP contribution >= 0.6 is 0 Å². The van der Waals surface area contributed by atoms with Crippen molar-refractivity contribution in [1.29, 1.82) is 0 Å². The molecule has 148 valence electrons. The molecule has 0 radical (unpaired) electrons. The zero-order valence-corrected chi connectivity index (χ0v) is 16.9. The van der Waals surface area contributed by atoms with Crippen LogP contribution in [-0.2, 0) is 9.53 Å². The molecular formula is C21H31N3O3. The van der Waals surface area contributed by atoms with E-state index in [1.165, 1.54) is 6.20 Å². The van der Waals surface area contributed by atoms with Crippen molar-refractivity contribution < 1.29 is 14.3 Å². The van der Waals surface area contributed by atoms with Crippen LogP contribution < -0.4 is 5.73 Å². The number of aldehydes is 1. The summed E-state index contributed by atoms with van der Waals surface area (Å²) in [6.45, 7) is 7.76. The van der Waals surface area contributed by atoms with Crippen molar-refractivity contribution >= 4 is 24.2 Å². The molecule has 1 rings (SSSR count). The molecule has 1 aromatic rings. The second kappa shape index (κ2) is 10.5. The molecule has 6 nitrogen and oxygen atoms in total. The van der Waals surface area contributed by atoms with Gasteiger partial charge >= 0.3 is 6.09 Å². The van der Waals surface area contributed by atoms with Gasteiger partial charge in [-0.1, -0.05) is 37.6 Å². The fourth-order valence-electron chi connectivity index (χ4n) is 2.62. The first-order valence-corrected chi connectivity index (χ1v) is 9.15. The highest BCUT2D eigenvalue weighted by Crippen LogP contribution is 2.27. The van der Waals surface area contributed by atoms with E-state index in [1.807, 2.05) is 45.0 Å². The molecule has 0 fully saturated rings. The van der Waals surface area contributed by atoms with E-state index in [2.05, 4.69) is 11.9 Å². The summed E-state index contributed by atoms with van der Waals surface area (Å²) in [5.41, 5.74) is 7.78. The Morgan fingerprint density at radius 1 is 1.30 bits per heavy atom. The summed E-state index contributed by atoms with van der Waals surface area (Å²) >= 11 is 0. The molecule has 0 heterocycles. The van der Waals surface area contributed by atoms with Crippen molar-refractivity contribution in [3.05, 3.63) is 41.6 Å². The first-order chi connectivity index (χ1) is 12.7. The second-order valence-corrected chi connectivity index (χ2v) is 7.30. The minimum atomic E-state index is -0.534. The molecule has 27 heavy (non-hydrogen) atoms. The van der Waals surface area contributed by atoms with E-state index in [1.54, 1.807) is 18.2 Å². The van der Waals surface area contributed by atoms with Gasteiger partial charge in [0, 0.05) is 25.0 Å². The highest BCUT2D eigenvalue weighted by Gasteiger charge is 2.26. The number of ether oxygens (including phenoxy) is 1. The van der Waals surface area contributed by atoms with Crippen molar-refractivity contribution in [2.24, 2.45) is 10.7 Å². The van der Waals surface area contributed by atoms with E-state index >= 15 is 0 Å². The molecule has 0 saturated heterocycles. The molecule has 0 aliphatic heterocycles. The number of hydrogen-bond donors (Lipinski definition) is 1. The molecule has 2 N–H and O–H groups in total. The monoisotopic (exact) mass is 373 g/mol. The average molecular weight is 373 g/mol. The number of carbonyl (C=O) groups is 2. The van der Waals surface area contributed by atoms with Gasteiger partial charge in [0.25, 0.3) is 0 Å². The van der Waals surface area contributed by atoms with E-state index in [0.717, 1.165) is 35.8 Å². The van der Waals surface area contributed by atoms with Gasteiger partial charge < -0.3 is 20.2 Å². The summed E-state index contributed by atoms with van der Waals surface area (Å²) in [4.78, 5) is 28.5. The Bertz CT molecular complexity index is 673. The van der Waals surface area contributed by atoms with Crippen LogP contribution in [-0.4, -0.2) is 42.7 Å². The smallest absolute Gasteiger partial charge is 0.410 e. The SMILES string of the molecule is CCCC(c1ccc(/C(C=NCC=O)=C/N)cc1)N(C)C(=O)OC(C)(C)C. The number of hydrogen-bond acceptors (Lipinski definition) is 5. The Hall–Kier alpha value is -2.63. The summed E-state index contributed by atoms with van der Waals surface area (Å²) in [6, 6.07) is 7.76. The lowest BCUT2D eigenvalue weighted by molar-refractivity contribution is -0.106. The normalized spacial score (nSPS) is 13.4. The zero-order valence-electron chi connectivity index (χ0n) is 16.9. The number of allylic oxidation sites excluding steroid dienone is 1. The Kier molecular flexibility index (Phi) is 8.72. The van der Waals surface area contributed by atoms with Gasteiger partial charge in [-0.3, -0.25) is 4.99 Å². The molecule has 1 unspecified atom stereocenters. The molecule has 0 aliphatic carbocycles. The lowest BCUT2D eigenvalue weighted by Crippen LogP contribution is -2.36. The summed E-state index contributed by atoms with van der Waals surface area (Å²) in [6.07, 6.45) is 5.20. The molecule has 0 aliphatic rings. The maximum Gasteiger partial charge on any atom is 0.410 e. The Morgan fingerprint density at radius 2 is 1.93 bits per heavy atom. The summed E-state index contributed by atoms with van der Waals surface area (Å²) < 4.78 is 5.50. The first-order valence-electron chi connectivity index (χ1n) is 9.15. The molecular weight excluding hydrogens is 342 g/mol. The standard InChI is InChI=1S/C21H31N3O3/c1-6-7-19(24(5)20(26)27-21(2,3)4)17-10-8-16(9-11-17)18(14-22)15-23-12-13-25/h8-11,13-15,19H,6-7,12,22H2,1-5H3/b18-14+,23-15?. The maximum atomic E-state index is 12.4. The Balaban J connectivity index is 3.02. The number of amides is 1. The quantitative estimate of drug-likeness (QED) is 0.552.